The molecule has 0 fully saturated rings. The third kappa shape index (κ3) is 5.48. The van der Waals surface area contributed by atoms with Crippen LogP contribution in [0.3, 0.4) is 0 Å². The molecule has 0 bridgehead atoms. The molecule has 0 aliphatic carbocycles. The number of benzene rings is 3. The van der Waals surface area contributed by atoms with Crippen LogP contribution in [0.2, 0.25) is 0 Å². The van der Waals surface area contributed by atoms with Crippen molar-refractivity contribution in [2.45, 2.75) is 20.0 Å². The molecule has 0 saturated heterocycles. The van der Waals surface area contributed by atoms with E-state index >= 15 is 0 Å². The van der Waals surface area contributed by atoms with Gasteiger partial charge in [-0.25, -0.2) is 0 Å². The molecule has 0 aliphatic heterocycles. The number of ether oxygens (including phenoxy) is 1. The number of aryl methyl sites for hydroxylation is 1. The van der Waals surface area contributed by atoms with E-state index in [1.54, 1.807) is 12.1 Å². The van der Waals surface area contributed by atoms with Gasteiger partial charge in [0.15, 0.2) is 0 Å². The molecule has 0 aliphatic rings. The fraction of sp³-hybridized carbons (Fsp3) is 0.125. The highest BCUT2D eigenvalue weighted by Gasteiger charge is 2.02. The second kappa shape index (κ2) is 9.42. The Morgan fingerprint density at radius 2 is 1.79 bits per heavy atom. The highest BCUT2D eigenvalue weighted by Crippen LogP contribution is 2.19. The van der Waals surface area contributed by atoms with E-state index < -0.39 is 0 Å². The summed E-state index contributed by atoms with van der Waals surface area (Å²) < 4.78 is 5.77. The molecule has 3 aromatic rings. The first kappa shape index (κ1) is 19.2. The zero-order valence-electron chi connectivity index (χ0n) is 15.9. The summed E-state index contributed by atoms with van der Waals surface area (Å²) >= 11 is 0. The van der Waals surface area contributed by atoms with E-state index in [1.165, 1.54) is 6.08 Å². The predicted octanol–water partition coefficient (Wildman–Crippen LogP) is 5.06. The monoisotopic (exact) mass is 372 g/mol. The molecule has 4 heteroatoms. The molecule has 0 heterocycles. The maximum Gasteiger partial charge on any atom is 0.248 e. The first-order valence-electron chi connectivity index (χ1n) is 9.28. The molecule has 142 valence electrons. The number of amides is 1. The molecule has 0 aromatic heterocycles. The normalized spacial score (nSPS) is 10.8. The first-order chi connectivity index (χ1) is 13.6. The molecule has 3 N–H and O–H groups in total. The van der Waals surface area contributed by atoms with Gasteiger partial charge in [-0.05, 0) is 53.5 Å². The SMILES string of the molecule is CCc1ccc(NC(=O)/C=C/c2ccc(OCc3ccccc3)cc2)cc1N. The van der Waals surface area contributed by atoms with Gasteiger partial charge in [0.05, 0.1) is 0 Å². The van der Waals surface area contributed by atoms with Crippen LogP contribution < -0.4 is 15.8 Å². The zero-order valence-corrected chi connectivity index (χ0v) is 15.9. The zero-order chi connectivity index (χ0) is 19.8. The Morgan fingerprint density at radius 3 is 2.46 bits per heavy atom. The van der Waals surface area contributed by atoms with Gasteiger partial charge in [0.25, 0.3) is 0 Å². The van der Waals surface area contributed by atoms with Crippen LogP contribution in [0, 0.1) is 0 Å². The van der Waals surface area contributed by atoms with Crippen LogP contribution in [-0.2, 0) is 17.8 Å². The number of carbonyl (C=O) groups excluding carboxylic acids is 1. The molecule has 0 spiro atoms. The first-order valence-corrected chi connectivity index (χ1v) is 9.28. The molecule has 0 radical (unpaired) electrons. The van der Waals surface area contributed by atoms with Crippen LogP contribution in [0.5, 0.6) is 5.75 Å². The molecule has 0 saturated carbocycles. The topological polar surface area (TPSA) is 64.3 Å². The quantitative estimate of drug-likeness (QED) is 0.450. The Kier molecular flexibility index (Phi) is 6.47. The van der Waals surface area contributed by atoms with Gasteiger partial charge in [-0.2, -0.15) is 0 Å². The van der Waals surface area contributed by atoms with Gasteiger partial charge < -0.3 is 15.8 Å². The van der Waals surface area contributed by atoms with Crippen LogP contribution in [0.1, 0.15) is 23.6 Å². The Labute approximate surface area is 165 Å². The minimum absolute atomic E-state index is 0.201. The van der Waals surface area contributed by atoms with E-state index in [0.29, 0.717) is 18.0 Å². The number of nitrogens with one attached hydrogen (secondary N) is 1. The fourth-order valence-corrected chi connectivity index (χ4v) is 2.77. The van der Waals surface area contributed by atoms with Crippen LogP contribution in [-0.4, -0.2) is 5.91 Å². The van der Waals surface area contributed by atoms with E-state index in [1.807, 2.05) is 73.7 Å². The molecule has 3 aromatic carbocycles. The highest BCUT2D eigenvalue weighted by atomic mass is 16.5. The fourth-order valence-electron chi connectivity index (χ4n) is 2.77. The molecule has 28 heavy (non-hydrogen) atoms. The number of rotatable bonds is 7. The van der Waals surface area contributed by atoms with Gasteiger partial charge in [0.1, 0.15) is 12.4 Å². The Hall–Kier alpha value is -3.53. The van der Waals surface area contributed by atoms with Crippen LogP contribution >= 0.6 is 0 Å². The molecular weight excluding hydrogens is 348 g/mol. The number of carbonyl (C=O) groups is 1. The summed E-state index contributed by atoms with van der Waals surface area (Å²) in [6.45, 7) is 2.57. The standard InChI is InChI=1S/C24H24N2O2/c1-2-20-11-12-21(16-23(20)25)26-24(27)15-10-18-8-13-22(14-9-18)28-17-19-6-4-3-5-7-19/h3-16H,2,17,25H2,1H3,(H,26,27)/b15-10+. The average Bonchev–Trinajstić information content (AvgIpc) is 2.72. The Balaban J connectivity index is 1.53. The van der Waals surface area contributed by atoms with Crippen molar-refractivity contribution in [1.29, 1.82) is 0 Å². The summed E-state index contributed by atoms with van der Waals surface area (Å²) in [5.41, 5.74) is 10.5. The lowest BCUT2D eigenvalue weighted by molar-refractivity contribution is -0.111. The number of hydrogen-bond donors (Lipinski definition) is 2. The molecule has 3 rings (SSSR count). The largest absolute Gasteiger partial charge is 0.489 e. The van der Waals surface area contributed by atoms with Gasteiger partial charge in [-0.15, -0.1) is 0 Å². The second-order valence-electron chi connectivity index (χ2n) is 6.43. The minimum Gasteiger partial charge on any atom is -0.489 e. The lowest BCUT2D eigenvalue weighted by Crippen LogP contribution is -2.08. The summed E-state index contributed by atoms with van der Waals surface area (Å²) in [7, 11) is 0. The number of anilines is 2. The van der Waals surface area contributed by atoms with Gasteiger partial charge in [-0.1, -0.05) is 55.5 Å². The van der Waals surface area contributed by atoms with E-state index in [4.69, 9.17) is 10.5 Å². The predicted molar refractivity (Wildman–Crippen MR) is 115 cm³/mol. The summed E-state index contributed by atoms with van der Waals surface area (Å²) in [5, 5.41) is 2.82. The van der Waals surface area contributed by atoms with Crippen molar-refractivity contribution >= 4 is 23.4 Å². The molecule has 4 nitrogen and oxygen atoms in total. The van der Waals surface area contributed by atoms with E-state index in [0.717, 1.165) is 28.9 Å². The minimum atomic E-state index is -0.201. The molecule has 1 amide bonds. The highest BCUT2D eigenvalue weighted by molar-refractivity contribution is 6.02. The van der Waals surface area contributed by atoms with Crippen molar-refractivity contribution in [3.05, 3.63) is 95.6 Å². The number of nitrogens with two attached hydrogens (primary N) is 1. The van der Waals surface area contributed by atoms with Crippen molar-refractivity contribution in [1.82, 2.24) is 0 Å². The van der Waals surface area contributed by atoms with Crippen molar-refractivity contribution in [3.8, 4) is 5.75 Å². The van der Waals surface area contributed by atoms with Gasteiger partial charge in [-0.3, -0.25) is 4.79 Å². The van der Waals surface area contributed by atoms with E-state index in [-0.39, 0.29) is 5.91 Å². The number of nitrogen functional groups attached to an aromatic ring is 1. The third-order valence-electron chi connectivity index (χ3n) is 4.35. The van der Waals surface area contributed by atoms with E-state index in [2.05, 4.69) is 5.32 Å². The second-order valence-corrected chi connectivity index (χ2v) is 6.43. The lowest BCUT2D eigenvalue weighted by atomic mass is 10.1. The van der Waals surface area contributed by atoms with Gasteiger partial charge in [0, 0.05) is 17.5 Å². The average molecular weight is 372 g/mol. The van der Waals surface area contributed by atoms with E-state index in [9.17, 15) is 4.79 Å². The van der Waals surface area contributed by atoms with Crippen molar-refractivity contribution < 1.29 is 9.53 Å². The van der Waals surface area contributed by atoms with Crippen molar-refractivity contribution in [2.24, 2.45) is 0 Å². The summed E-state index contributed by atoms with van der Waals surface area (Å²) in [6, 6.07) is 23.2. The Morgan fingerprint density at radius 1 is 1.04 bits per heavy atom. The summed E-state index contributed by atoms with van der Waals surface area (Å²) in [6.07, 6.45) is 4.13. The molecular formula is C24H24N2O2. The third-order valence-corrected chi connectivity index (χ3v) is 4.35. The van der Waals surface area contributed by atoms with Crippen LogP contribution in [0.4, 0.5) is 11.4 Å². The van der Waals surface area contributed by atoms with Crippen molar-refractivity contribution in [3.63, 3.8) is 0 Å². The van der Waals surface area contributed by atoms with Gasteiger partial charge in [0.2, 0.25) is 5.91 Å². The molecule has 0 atom stereocenters. The van der Waals surface area contributed by atoms with Crippen LogP contribution in [0.15, 0.2) is 78.9 Å². The Bertz CT molecular complexity index is 948. The van der Waals surface area contributed by atoms with Gasteiger partial charge >= 0.3 is 0 Å². The summed E-state index contributed by atoms with van der Waals surface area (Å²) in [4.78, 5) is 12.1. The molecule has 0 unspecified atom stereocenters. The lowest BCUT2D eigenvalue weighted by Gasteiger charge is -2.07. The smallest absolute Gasteiger partial charge is 0.248 e. The number of hydrogen-bond acceptors (Lipinski definition) is 3. The maximum absolute atomic E-state index is 12.1. The van der Waals surface area contributed by atoms with Crippen molar-refractivity contribution in [2.75, 3.05) is 11.1 Å². The summed E-state index contributed by atoms with van der Waals surface area (Å²) in [5.74, 6) is 0.588. The van der Waals surface area contributed by atoms with Crippen LogP contribution in [0.25, 0.3) is 6.08 Å². The maximum atomic E-state index is 12.1.